The minimum Gasteiger partial charge on any atom is -0.508 e. The summed E-state index contributed by atoms with van der Waals surface area (Å²) in [5.74, 6) is -3.13. The summed E-state index contributed by atoms with van der Waals surface area (Å²) in [6.45, 7) is -0.554. The van der Waals surface area contributed by atoms with E-state index in [1.54, 1.807) is 12.1 Å². The molecule has 0 radical (unpaired) electrons. The smallest absolute Gasteiger partial charge is 0.402 e. The normalized spacial score (nSPS) is 21.6. The third-order valence-corrected chi connectivity index (χ3v) is 6.96. The Hall–Kier alpha value is -5.28. The maximum atomic E-state index is 12.3. The molecule has 5 rings (SSSR count). The lowest BCUT2D eigenvalue weighted by molar-refractivity contribution is -0.278. The van der Waals surface area contributed by atoms with Crippen molar-refractivity contribution in [2.24, 2.45) is 0 Å². The first-order chi connectivity index (χ1) is 21.4. The van der Waals surface area contributed by atoms with E-state index in [1.165, 1.54) is 43.5 Å². The molecule has 1 saturated heterocycles. The van der Waals surface area contributed by atoms with Gasteiger partial charge in [0, 0.05) is 30.3 Å². The van der Waals surface area contributed by atoms with Gasteiger partial charge in [-0.1, -0.05) is 12.1 Å². The molecule has 14 nitrogen and oxygen atoms in total. The summed E-state index contributed by atoms with van der Waals surface area (Å²) < 4.78 is 27.7. The molecule has 1 aliphatic rings. The number of aliphatic hydroxyl groups is 3. The molecule has 0 aliphatic carbocycles. The number of rotatable bonds is 8. The molecular formula is C31H29O14+. The molecule has 8 N–H and O–H groups in total. The van der Waals surface area contributed by atoms with Crippen molar-refractivity contribution in [3.63, 3.8) is 0 Å². The summed E-state index contributed by atoms with van der Waals surface area (Å²) in [6.07, 6.45) is -5.87. The molecule has 0 bridgehead atoms. The van der Waals surface area contributed by atoms with E-state index in [4.69, 9.17) is 23.4 Å². The Morgan fingerprint density at radius 1 is 0.867 bits per heavy atom. The first kappa shape index (κ1) is 31.2. The highest BCUT2D eigenvalue weighted by atomic mass is 16.7. The lowest BCUT2D eigenvalue weighted by atomic mass is 9.99. The van der Waals surface area contributed by atoms with Crippen molar-refractivity contribution >= 4 is 23.0 Å². The maximum Gasteiger partial charge on any atom is 0.402 e. The Kier molecular flexibility index (Phi) is 8.83. The van der Waals surface area contributed by atoms with Crippen LogP contribution in [0, 0.1) is 0 Å². The second-order valence-electron chi connectivity index (χ2n) is 10.1. The highest BCUT2D eigenvalue weighted by molar-refractivity contribution is 5.89. The molecule has 3 aromatic carbocycles. The van der Waals surface area contributed by atoms with E-state index in [0.717, 1.165) is 18.2 Å². The standard InChI is InChI=1S/C31H28O14/c1-41-22-9-15(8-20(35)26(22)37)30-23(12-18-19(34)10-17(33)11-21(18)43-30)44-31-29(40)28(39)27(38)24(45-31)13-42-25(36)7-4-14-2-5-16(32)6-3-14/h2-12,24,27-29,31,38-40H,13H2,1H3,(H4-,32,33,34,35,36,37)/p+1. The first-order valence-electron chi connectivity index (χ1n) is 13.4. The van der Waals surface area contributed by atoms with E-state index >= 15 is 0 Å². The van der Waals surface area contributed by atoms with Crippen LogP contribution in [-0.2, 0) is 14.3 Å². The van der Waals surface area contributed by atoms with Crippen LogP contribution in [0.25, 0.3) is 28.4 Å². The summed E-state index contributed by atoms with van der Waals surface area (Å²) in [7, 11) is 1.25. The van der Waals surface area contributed by atoms with Crippen molar-refractivity contribution in [3.05, 3.63) is 66.2 Å². The molecule has 0 saturated carbocycles. The number of phenols is 5. The number of carbonyl (C=O) groups excluding carboxylic acids is 1. The lowest BCUT2D eigenvalue weighted by Crippen LogP contribution is -2.60. The summed E-state index contributed by atoms with van der Waals surface area (Å²) >= 11 is 0. The summed E-state index contributed by atoms with van der Waals surface area (Å²) in [4.78, 5) is 12.3. The van der Waals surface area contributed by atoms with Crippen molar-refractivity contribution in [1.82, 2.24) is 0 Å². The predicted molar refractivity (Wildman–Crippen MR) is 155 cm³/mol. The third-order valence-electron chi connectivity index (χ3n) is 6.96. The molecule has 0 amide bonds. The number of ether oxygens (including phenoxy) is 4. The molecule has 14 heteroatoms. The van der Waals surface area contributed by atoms with E-state index in [-0.39, 0.29) is 45.3 Å². The van der Waals surface area contributed by atoms with Crippen LogP contribution in [0.5, 0.6) is 40.2 Å². The summed E-state index contributed by atoms with van der Waals surface area (Å²) in [5.41, 5.74) is 0.661. The van der Waals surface area contributed by atoms with Gasteiger partial charge >= 0.3 is 17.3 Å². The summed E-state index contributed by atoms with van der Waals surface area (Å²) in [5, 5.41) is 82.0. The van der Waals surface area contributed by atoms with E-state index in [2.05, 4.69) is 0 Å². The molecule has 5 atom stereocenters. The van der Waals surface area contributed by atoms with Crippen LogP contribution >= 0.6 is 0 Å². The van der Waals surface area contributed by atoms with E-state index in [0.29, 0.717) is 5.56 Å². The highest BCUT2D eigenvalue weighted by Crippen LogP contribution is 2.45. The van der Waals surface area contributed by atoms with Gasteiger partial charge in [0.2, 0.25) is 17.8 Å². The van der Waals surface area contributed by atoms with Gasteiger partial charge in [0.15, 0.2) is 11.5 Å². The van der Waals surface area contributed by atoms with Crippen LogP contribution in [0.3, 0.4) is 0 Å². The van der Waals surface area contributed by atoms with Crippen LogP contribution in [0.4, 0.5) is 0 Å². The average molecular weight is 626 g/mol. The van der Waals surface area contributed by atoms with Gasteiger partial charge in [-0.15, -0.1) is 0 Å². The minimum atomic E-state index is -1.83. The van der Waals surface area contributed by atoms with E-state index < -0.39 is 60.5 Å². The minimum absolute atomic E-state index is 0.0212. The molecule has 2 heterocycles. The second-order valence-corrected chi connectivity index (χ2v) is 10.1. The Bertz CT molecular complexity index is 1740. The van der Waals surface area contributed by atoms with Gasteiger partial charge < -0.3 is 59.8 Å². The third kappa shape index (κ3) is 6.63. The zero-order chi connectivity index (χ0) is 32.4. The van der Waals surface area contributed by atoms with Gasteiger partial charge in [0.1, 0.15) is 53.7 Å². The first-order valence-corrected chi connectivity index (χ1v) is 13.4. The number of hydrogen-bond donors (Lipinski definition) is 8. The average Bonchev–Trinajstić information content (AvgIpc) is 3.01. The number of hydrogen-bond acceptors (Lipinski definition) is 13. The van der Waals surface area contributed by atoms with Crippen LogP contribution in [0.15, 0.2) is 65.1 Å². The molecule has 4 aromatic rings. The van der Waals surface area contributed by atoms with Gasteiger partial charge in [-0.05, 0) is 23.8 Å². The van der Waals surface area contributed by atoms with Gasteiger partial charge in [-0.25, -0.2) is 9.21 Å². The summed E-state index contributed by atoms with van der Waals surface area (Å²) in [6, 6.07) is 11.9. The molecule has 1 fully saturated rings. The van der Waals surface area contributed by atoms with Gasteiger partial charge in [-0.3, -0.25) is 0 Å². The van der Waals surface area contributed by atoms with Gasteiger partial charge in [0.05, 0.1) is 18.7 Å². The van der Waals surface area contributed by atoms with Gasteiger partial charge in [0.25, 0.3) is 0 Å². The van der Waals surface area contributed by atoms with Crippen molar-refractivity contribution < 1.29 is 69.0 Å². The number of esters is 1. The zero-order valence-corrected chi connectivity index (χ0v) is 23.5. The van der Waals surface area contributed by atoms with Crippen LogP contribution in [0.2, 0.25) is 0 Å². The molecule has 45 heavy (non-hydrogen) atoms. The van der Waals surface area contributed by atoms with Crippen LogP contribution in [-0.4, -0.2) is 91.2 Å². The quantitative estimate of drug-likeness (QED) is 0.0609. The van der Waals surface area contributed by atoms with E-state index in [9.17, 15) is 45.6 Å². The lowest BCUT2D eigenvalue weighted by Gasteiger charge is -2.39. The van der Waals surface area contributed by atoms with E-state index in [1.807, 2.05) is 0 Å². The fraction of sp³-hybridized carbons (Fsp3) is 0.226. The fourth-order valence-corrected chi connectivity index (χ4v) is 4.59. The second kappa shape index (κ2) is 12.8. The number of benzene rings is 3. The molecule has 0 spiro atoms. The Morgan fingerprint density at radius 3 is 2.31 bits per heavy atom. The van der Waals surface area contributed by atoms with Crippen molar-refractivity contribution in [2.45, 2.75) is 30.7 Å². The number of carbonyl (C=O) groups is 1. The van der Waals surface area contributed by atoms with Crippen LogP contribution < -0.4 is 9.47 Å². The Labute approximate surface area is 254 Å². The van der Waals surface area contributed by atoms with Crippen molar-refractivity contribution in [2.75, 3.05) is 13.7 Å². The highest BCUT2D eigenvalue weighted by Gasteiger charge is 2.46. The van der Waals surface area contributed by atoms with Crippen molar-refractivity contribution in [1.29, 1.82) is 0 Å². The Morgan fingerprint density at radius 2 is 1.60 bits per heavy atom. The molecule has 1 aliphatic heterocycles. The molecule has 1 aromatic heterocycles. The largest absolute Gasteiger partial charge is 0.508 e. The maximum absolute atomic E-state index is 12.3. The number of aliphatic hydroxyl groups excluding tert-OH is 3. The van der Waals surface area contributed by atoms with Crippen LogP contribution in [0.1, 0.15) is 5.56 Å². The number of phenolic OH excluding ortho intramolecular Hbond substituents is 5. The Balaban J connectivity index is 1.43. The topological polar surface area (TPSA) is 227 Å². The number of aromatic hydroxyl groups is 5. The van der Waals surface area contributed by atoms with Crippen molar-refractivity contribution in [3.8, 4) is 51.6 Å². The number of methoxy groups -OCH3 is 1. The molecule has 236 valence electrons. The molecule has 5 unspecified atom stereocenters. The predicted octanol–water partition coefficient (Wildman–Crippen LogP) is 2.36. The fourth-order valence-electron chi connectivity index (χ4n) is 4.59. The SMILES string of the molecule is COc1cc(-c2[o+]c3cc(O)cc(O)c3cc2OC2OC(COC(=O)C=Cc3ccc(O)cc3)C(O)C(O)C2O)cc(O)c1O. The van der Waals surface area contributed by atoms with Gasteiger partial charge in [-0.2, -0.15) is 0 Å². The number of fused-ring (bicyclic) bond motifs is 1. The molecular weight excluding hydrogens is 596 g/mol. The zero-order valence-electron chi connectivity index (χ0n) is 23.5. The monoisotopic (exact) mass is 625 g/mol.